The summed E-state index contributed by atoms with van der Waals surface area (Å²) in [6.07, 6.45) is 0. The molecule has 0 aliphatic carbocycles. The summed E-state index contributed by atoms with van der Waals surface area (Å²) in [5, 5.41) is 2.61. The molecule has 2 rings (SSSR count). The minimum Gasteiger partial charge on any atom is -0.261 e. The van der Waals surface area contributed by atoms with E-state index in [-0.39, 0.29) is 0 Å². The van der Waals surface area contributed by atoms with E-state index < -0.39 is 0 Å². The molecule has 2 aromatic carbocycles. The number of benzene rings is 2. The van der Waals surface area contributed by atoms with Gasteiger partial charge in [-0.25, -0.2) is 0 Å². The van der Waals surface area contributed by atoms with Crippen molar-refractivity contribution in [1.29, 1.82) is 0 Å². The van der Waals surface area contributed by atoms with Crippen LogP contribution in [0.3, 0.4) is 0 Å². The van der Waals surface area contributed by atoms with Gasteiger partial charge in [0.2, 0.25) is 0 Å². The molecule has 0 amide bonds. The molecule has 0 atom stereocenters. The van der Waals surface area contributed by atoms with E-state index in [1.807, 2.05) is 7.05 Å². The molecular formula is C12H14N2. The zero-order valence-electron chi connectivity index (χ0n) is 8.25. The Bertz CT molecular complexity index is 418. The Kier molecular flexibility index (Phi) is 2.77. The van der Waals surface area contributed by atoms with E-state index in [9.17, 15) is 0 Å². The molecule has 0 saturated carbocycles. The molecule has 2 heteroatoms. The summed E-state index contributed by atoms with van der Waals surface area (Å²) in [5.74, 6) is 0. The Morgan fingerprint density at radius 1 is 1.00 bits per heavy atom. The molecule has 0 heterocycles. The molecule has 14 heavy (non-hydrogen) atoms. The van der Waals surface area contributed by atoms with E-state index in [0.29, 0.717) is 0 Å². The van der Waals surface area contributed by atoms with Crippen LogP contribution < -0.4 is 10.9 Å². The maximum absolute atomic E-state index is 3.11. The second-order valence-corrected chi connectivity index (χ2v) is 3.24. The van der Waals surface area contributed by atoms with Crippen LogP contribution in [-0.2, 0) is 6.54 Å². The van der Waals surface area contributed by atoms with Crippen molar-refractivity contribution in [2.45, 2.75) is 6.54 Å². The lowest BCUT2D eigenvalue weighted by Gasteiger charge is -2.06. The Hall–Kier alpha value is -1.38. The summed E-state index contributed by atoms with van der Waals surface area (Å²) < 4.78 is 0. The van der Waals surface area contributed by atoms with Crippen molar-refractivity contribution >= 4 is 10.8 Å². The number of rotatable bonds is 3. The predicted octanol–water partition coefficient (Wildman–Crippen LogP) is 2.06. The van der Waals surface area contributed by atoms with Gasteiger partial charge in [-0.3, -0.25) is 10.9 Å². The number of fused-ring (bicyclic) bond motifs is 1. The Labute approximate surface area is 83.9 Å². The molecule has 0 radical (unpaired) electrons. The van der Waals surface area contributed by atoms with Gasteiger partial charge in [-0.15, -0.1) is 0 Å². The fraction of sp³-hybridized carbons (Fsp3) is 0.167. The zero-order chi connectivity index (χ0) is 9.80. The van der Waals surface area contributed by atoms with Crippen LogP contribution in [0.4, 0.5) is 0 Å². The van der Waals surface area contributed by atoms with Gasteiger partial charge < -0.3 is 0 Å². The number of hydrogen-bond donors (Lipinski definition) is 2. The molecule has 0 saturated heterocycles. The molecule has 72 valence electrons. The lowest BCUT2D eigenvalue weighted by atomic mass is 10.1. The van der Waals surface area contributed by atoms with Crippen LogP contribution in [0.15, 0.2) is 42.5 Å². The Morgan fingerprint density at radius 3 is 2.64 bits per heavy atom. The number of nitrogens with one attached hydrogen (secondary N) is 2. The third-order valence-electron chi connectivity index (χ3n) is 2.34. The van der Waals surface area contributed by atoms with Crippen LogP contribution in [0.25, 0.3) is 10.8 Å². The molecule has 0 spiro atoms. The maximum atomic E-state index is 3.11. The van der Waals surface area contributed by atoms with E-state index in [4.69, 9.17) is 0 Å². The minimum absolute atomic E-state index is 0.845. The Morgan fingerprint density at radius 2 is 1.79 bits per heavy atom. The monoisotopic (exact) mass is 186 g/mol. The first-order valence-electron chi connectivity index (χ1n) is 4.78. The SMILES string of the molecule is CNNCc1cccc2ccccc12. The van der Waals surface area contributed by atoms with Crippen LogP contribution in [0.5, 0.6) is 0 Å². The summed E-state index contributed by atoms with van der Waals surface area (Å²) in [7, 11) is 1.88. The lowest BCUT2D eigenvalue weighted by molar-refractivity contribution is 0.598. The normalized spacial score (nSPS) is 10.6. The molecule has 0 aliphatic rings. The number of hydrazine groups is 1. The largest absolute Gasteiger partial charge is 0.261 e. The molecule has 2 aromatic rings. The first kappa shape index (κ1) is 9.19. The molecule has 2 N–H and O–H groups in total. The average molecular weight is 186 g/mol. The predicted molar refractivity (Wildman–Crippen MR) is 59.8 cm³/mol. The highest BCUT2D eigenvalue weighted by molar-refractivity contribution is 5.85. The molecule has 2 nitrogen and oxygen atoms in total. The van der Waals surface area contributed by atoms with Crippen LogP contribution in [0.1, 0.15) is 5.56 Å². The van der Waals surface area contributed by atoms with Crippen LogP contribution >= 0.6 is 0 Å². The van der Waals surface area contributed by atoms with Crippen molar-refractivity contribution in [2.24, 2.45) is 0 Å². The minimum atomic E-state index is 0.845. The van der Waals surface area contributed by atoms with Crippen molar-refractivity contribution in [3.05, 3.63) is 48.0 Å². The van der Waals surface area contributed by atoms with E-state index in [2.05, 4.69) is 53.3 Å². The van der Waals surface area contributed by atoms with E-state index in [0.717, 1.165) is 6.54 Å². The van der Waals surface area contributed by atoms with Gasteiger partial charge in [0.15, 0.2) is 0 Å². The van der Waals surface area contributed by atoms with E-state index >= 15 is 0 Å². The molecule has 0 aromatic heterocycles. The fourth-order valence-corrected chi connectivity index (χ4v) is 1.63. The van der Waals surface area contributed by atoms with Gasteiger partial charge >= 0.3 is 0 Å². The quantitative estimate of drug-likeness (QED) is 0.717. The summed E-state index contributed by atoms with van der Waals surface area (Å²) in [4.78, 5) is 0. The summed E-state index contributed by atoms with van der Waals surface area (Å²) in [6, 6.07) is 14.8. The van der Waals surface area contributed by atoms with Crippen LogP contribution in [0, 0.1) is 0 Å². The van der Waals surface area contributed by atoms with E-state index in [1.54, 1.807) is 0 Å². The van der Waals surface area contributed by atoms with Gasteiger partial charge in [-0.1, -0.05) is 42.5 Å². The van der Waals surface area contributed by atoms with E-state index in [1.165, 1.54) is 16.3 Å². The first-order chi connectivity index (χ1) is 6.92. The highest BCUT2D eigenvalue weighted by Crippen LogP contribution is 2.17. The maximum Gasteiger partial charge on any atom is 0.0357 e. The van der Waals surface area contributed by atoms with Crippen molar-refractivity contribution in [1.82, 2.24) is 10.9 Å². The number of hydrogen-bond acceptors (Lipinski definition) is 2. The molecule has 0 unspecified atom stereocenters. The van der Waals surface area contributed by atoms with Crippen molar-refractivity contribution in [3.8, 4) is 0 Å². The molecule has 0 aliphatic heterocycles. The molecular weight excluding hydrogens is 172 g/mol. The summed E-state index contributed by atoms with van der Waals surface area (Å²) in [5.41, 5.74) is 7.35. The fourth-order valence-electron chi connectivity index (χ4n) is 1.63. The van der Waals surface area contributed by atoms with Crippen molar-refractivity contribution in [3.63, 3.8) is 0 Å². The summed E-state index contributed by atoms with van der Waals surface area (Å²) >= 11 is 0. The highest BCUT2D eigenvalue weighted by atomic mass is 15.3. The highest BCUT2D eigenvalue weighted by Gasteiger charge is 1.97. The van der Waals surface area contributed by atoms with Crippen LogP contribution in [-0.4, -0.2) is 7.05 Å². The topological polar surface area (TPSA) is 24.1 Å². The van der Waals surface area contributed by atoms with Gasteiger partial charge in [-0.05, 0) is 23.4 Å². The van der Waals surface area contributed by atoms with Gasteiger partial charge in [0.05, 0.1) is 0 Å². The van der Waals surface area contributed by atoms with Crippen LogP contribution in [0.2, 0.25) is 0 Å². The van der Waals surface area contributed by atoms with Gasteiger partial charge in [-0.2, -0.15) is 0 Å². The lowest BCUT2D eigenvalue weighted by Crippen LogP contribution is -2.26. The average Bonchev–Trinajstić information content (AvgIpc) is 2.26. The van der Waals surface area contributed by atoms with Crippen molar-refractivity contribution < 1.29 is 0 Å². The second-order valence-electron chi connectivity index (χ2n) is 3.24. The first-order valence-corrected chi connectivity index (χ1v) is 4.78. The standard InChI is InChI=1S/C12H14N2/c1-13-14-9-11-7-4-6-10-5-2-3-8-12(10)11/h2-8,13-14H,9H2,1H3. The van der Waals surface area contributed by atoms with Gasteiger partial charge in [0.25, 0.3) is 0 Å². The van der Waals surface area contributed by atoms with Crippen molar-refractivity contribution in [2.75, 3.05) is 7.05 Å². The third-order valence-corrected chi connectivity index (χ3v) is 2.34. The summed E-state index contributed by atoms with van der Waals surface area (Å²) in [6.45, 7) is 0.845. The van der Waals surface area contributed by atoms with Gasteiger partial charge in [0, 0.05) is 6.54 Å². The third kappa shape index (κ3) is 1.76. The molecule has 0 bridgehead atoms. The van der Waals surface area contributed by atoms with Gasteiger partial charge in [0.1, 0.15) is 0 Å². The zero-order valence-corrected chi connectivity index (χ0v) is 8.25. The second kappa shape index (κ2) is 4.22. The Balaban J connectivity index is 2.43. The molecule has 0 fully saturated rings. The smallest absolute Gasteiger partial charge is 0.0357 e.